The molecule has 1 heterocycles. The molecule has 0 aliphatic heterocycles. The first kappa shape index (κ1) is 16.0. The van der Waals surface area contributed by atoms with Gasteiger partial charge in [-0.05, 0) is 46.9 Å². The number of nitrogens with zero attached hydrogens (tertiary/aromatic N) is 1. The molecular weight excluding hydrogens is 308 g/mol. The van der Waals surface area contributed by atoms with Crippen LogP contribution in [0.2, 0.25) is 0 Å². The first-order chi connectivity index (χ1) is 8.67. The molecule has 0 amide bonds. The maximum Gasteiger partial charge on any atom is 0.0961 e. The Balaban J connectivity index is 2.47. The molecular formula is C14H23BrN2S. The fraction of sp³-hybridized carbons (Fsp3) is 0.643. The van der Waals surface area contributed by atoms with Crippen molar-refractivity contribution in [3.05, 3.63) is 22.8 Å². The third-order valence-corrected chi connectivity index (χ3v) is 4.63. The van der Waals surface area contributed by atoms with Gasteiger partial charge in [-0.15, -0.1) is 11.8 Å². The summed E-state index contributed by atoms with van der Waals surface area (Å²) < 4.78 is 1.04. The van der Waals surface area contributed by atoms with Crippen molar-refractivity contribution in [3.8, 4) is 0 Å². The first-order valence-electron chi connectivity index (χ1n) is 6.65. The van der Waals surface area contributed by atoms with Crippen LogP contribution in [0.5, 0.6) is 0 Å². The van der Waals surface area contributed by atoms with E-state index in [1.807, 2.05) is 24.0 Å². The quantitative estimate of drug-likeness (QED) is 0.717. The Hall–Kier alpha value is -0.0600. The van der Waals surface area contributed by atoms with Crippen LogP contribution in [0.1, 0.15) is 33.6 Å². The number of rotatable bonds is 8. The Morgan fingerprint density at radius 1 is 1.39 bits per heavy atom. The fourth-order valence-electron chi connectivity index (χ4n) is 1.66. The Morgan fingerprint density at radius 3 is 2.72 bits per heavy atom. The second kappa shape index (κ2) is 8.94. The van der Waals surface area contributed by atoms with Gasteiger partial charge in [0.25, 0.3) is 0 Å². The van der Waals surface area contributed by atoms with Crippen LogP contribution in [0.4, 0.5) is 0 Å². The van der Waals surface area contributed by atoms with Gasteiger partial charge in [-0.25, -0.2) is 4.98 Å². The van der Waals surface area contributed by atoms with E-state index in [4.69, 9.17) is 0 Å². The highest BCUT2D eigenvalue weighted by Crippen LogP contribution is 2.21. The van der Waals surface area contributed by atoms with Crippen LogP contribution >= 0.6 is 27.7 Å². The monoisotopic (exact) mass is 330 g/mol. The van der Waals surface area contributed by atoms with E-state index in [-0.39, 0.29) is 0 Å². The first-order valence-corrected chi connectivity index (χ1v) is 8.43. The molecule has 2 unspecified atom stereocenters. The molecule has 0 saturated heterocycles. The predicted octanol–water partition coefficient (Wildman–Crippen LogP) is 4.35. The third kappa shape index (κ3) is 5.72. The largest absolute Gasteiger partial charge is 0.313 e. The summed E-state index contributed by atoms with van der Waals surface area (Å²) in [7, 11) is 0. The number of hydrogen-bond acceptors (Lipinski definition) is 3. The molecule has 18 heavy (non-hydrogen) atoms. The number of nitrogens with one attached hydrogen (secondary N) is 1. The Morgan fingerprint density at radius 2 is 2.17 bits per heavy atom. The van der Waals surface area contributed by atoms with E-state index in [9.17, 15) is 0 Å². The molecule has 102 valence electrons. The lowest BCUT2D eigenvalue weighted by Gasteiger charge is -2.23. The standard InChI is InChI=1S/C14H23BrN2S/c1-4-8-16-13(11(3)5-2)10-18-14-7-6-12(15)9-17-14/h6-7,9,11,13,16H,4-5,8,10H2,1-3H3. The highest BCUT2D eigenvalue weighted by Gasteiger charge is 2.15. The van der Waals surface area contributed by atoms with Crippen molar-refractivity contribution in [1.82, 2.24) is 10.3 Å². The normalized spacial score (nSPS) is 14.4. The summed E-state index contributed by atoms with van der Waals surface area (Å²) in [6.07, 6.45) is 4.27. The van der Waals surface area contributed by atoms with Gasteiger partial charge in [-0.3, -0.25) is 0 Å². The molecule has 2 nitrogen and oxygen atoms in total. The minimum atomic E-state index is 0.574. The van der Waals surface area contributed by atoms with E-state index in [0.29, 0.717) is 12.0 Å². The van der Waals surface area contributed by atoms with Gasteiger partial charge in [0, 0.05) is 22.5 Å². The summed E-state index contributed by atoms with van der Waals surface area (Å²) in [5, 5.41) is 4.75. The van der Waals surface area contributed by atoms with E-state index in [0.717, 1.165) is 21.8 Å². The zero-order valence-electron chi connectivity index (χ0n) is 11.4. The molecule has 2 atom stereocenters. The third-order valence-electron chi connectivity index (χ3n) is 3.10. The molecule has 4 heteroatoms. The highest BCUT2D eigenvalue weighted by atomic mass is 79.9. The van der Waals surface area contributed by atoms with Crippen LogP contribution in [0.25, 0.3) is 0 Å². The zero-order chi connectivity index (χ0) is 13.4. The van der Waals surface area contributed by atoms with Crippen LogP contribution in [0.15, 0.2) is 27.8 Å². The van der Waals surface area contributed by atoms with E-state index >= 15 is 0 Å². The van der Waals surface area contributed by atoms with Crippen LogP contribution in [-0.4, -0.2) is 23.3 Å². The average Bonchev–Trinajstić information content (AvgIpc) is 2.40. The molecule has 0 saturated carbocycles. The highest BCUT2D eigenvalue weighted by molar-refractivity contribution is 9.10. The average molecular weight is 331 g/mol. The van der Waals surface area contributed by atoms with Gasteiger partial charge in [0.15, 0.2) is 0 Å². The Kier molecular flexibility index (Phi) is 7.95. The number of pyridine rings is 1. The molecule has 0 radical (unpaired) electrons. The van der Waals surface area contributed by atoms with Crippen molar-refractivity contribution in [3.63, 3.8) is 0 Å². The molecule has 0 aliphatic carbocycles. The molecule has 0 aromatic carbocycles. The lowest BCUT2D eigenvalue weighted by atomic mass is 10.0. The van der Waals surface area contributed by atoms with Gasteiger partial charge < -0.3 is 5.32 Å². The Labute approximate surface area is 123 Å². The minimum absolute atomic E-state index is 0.574. The second-order valence-electron chi connectivity index (χ2n) is 4.57. The molecule has 0 aliphatic rings. The molecule has 0 fully saturated rings. The van der Waals surface area contributed by atoms with E-state index in [2.05, 4.69) is 53.1 Å². The van der Waals surface area contributed by atoms with Crippen molar-refractivity contribution < 1.29 is 0 Å². The van der Waals surface area contributed by atoms with Gasteiger partial charge in [-0.2, -0.15) is 0 Å². The molecule has 1 rings (SSSR count). The SMILES string of the molecule is CCCNC(CSc1ccc(Br)cn1)C(C)CC. The Bertz CT molecular complexity index is 329. The summed E-state index contributed by atoms with van der Waals surface area (Å²) in [5.41, 5.74) is 0. The molecule has 1 aromatic heterocycles. The van der Waals surface area contributed by atoms with Gasteiger partial charge in [-0.1, -0.05) is 27.2 Å². The summed E-state index contributed by atoms with van der Waals surface area (Å²) in [6.45, 7) is 7.89. The van der Waals surface area contributed by atoms with Crippen molar-refractivity contribution in [2.75, 3.05) is 12.3 Å². The van der Waals surface area contributed by atoms with Crippen LogP contribution in [0, 0.1) is 5.92 Å². The summed E-state index contributed by atoms with van der Waals surface area (Å²) in [4.78, 5) is 4.40. The molecule has 0 spiro atoms. The maximum absolute atomic E-state index is 4.40. The lowest BCUT2D eigenvalue weighted by Crippen LogP contribution is -2.37. The van der Waals surface area contributed by atoms with Crippen LogP contribution in [0.3, 0.4) is 0 Å². The topological polar surface area (TPSA) is 24.9 Å². The number of hydrogen-bond donors (Lipinski definition) is 1. The fourth-order valence-corrected chi connectivity index (χ4v) is 2.98. The van der Waals surface area contributed by atoms with E-state index in [1.54, 1.807) is 0 Å². The molecule has 1 N–H and O–H groups in total. The van der Waals surface area contributed by atoms with Crippen molar-refractivity contribution in [1.29, 1.82) is 0 Å². The van der Waals surface area contributed by atoms with Crippen LogP contribution < -0.4 is 5.32 Å². The second-order valence-corrected chi connectivity index (χ2v) is 6.53. The van der Waals surface area contributed by atoms with Crippen molar-refractivity contribution >= 4 is 27.7 Å². The minimum Gasteiger partial charge on any atom is -0.313 e. The van der Waals surface area contributed by atoms with Crippen molar-refractivity contribution in [2.45, 2.75) is 44.7 Å². The predicted molar refractivity (Wildman–Crippen MR) is 84.2 cm³/mol. The number of halogens is 1. The zero-order valence-corrected chi connectivity index (χ0v) is 13.9. The summed E-state index contributed by atoms with van der Waals surface area (Å²) >= 11 is 5.25. The van der Waals surface area contributed by atoms with Gasteiger partial charge in [0.05, 0.1) is 5.03 Å². The maximum atomic E-state index is 4.40. The lowest BCUT2D eigenvalue weighted by molar-refractivity contribution is 0.397. The van der Waals surface area contributed by atoms with Crippen molar-refractivity contribution in [2.24, 2.45) is 5.92 Å². The molecule has 0 bridgehead atoms. The number of thioether (sulfide) groups is 1. The van der Waals surface area contributed by atoms with Gasteiger partial charge in [0.1, 0.15) is 0 Å². The smallest absolute Gasteiger partial charge is 0.0961 e. The van der Waals surface area contributed by atoms with E-state index < -0.39 is 0 Å². The van der Waals surface area contributed by atoms with Crippen LogP contribution in [-0.2, 0) is 0 Å². The summed E-state index contributed by atoms with van der Waals surface area (Å²) in [5.74, 6) is 1.79. The summed E-state index contributed by atoms with van der Waals surface area (Å²) in [6, 6.07) is 4.69. The number of aromatic nitrogens is 1. The van der Waals surface area contributed by atoms with Gasteiger partial charge in [0.2, 0.25) is 0 Å². The van der Waals surface area contributed by atoms with Gasteiger partial charge >= 0.3 is 0 Å². The molecule has 1 aromatic rings. The van der Waals surface area contributed by atoms with E-state index in [1.165, 1.54) is 12.8 Å².